The Kier molecular flexibility index (Phi) is 3.25. The second-order valence-electron chi connectivity index (χ2n) is 6.09. The molecule has 1 fully saturated rings. The molecule has 0 aliphatic heterocycles. The normalized spacial score (nSPS) is 27.7. The standard InChI is InChI=1S/C18H16Cl2O/c19-14-7-3-6-13(17(14)20)18(21)16-12-9-8-10-4-1-2-5-11(10)15(12)16/h1-7,12,15-16,18,21H,8-9H2. The van der Waals surface area contributed by atoms with Crippen LogP contribution in [0.4, 0.5) is 0 Å². The quantitative estimate of drug-likeness (QED) is 0.825. The summed E-state index contributed by atoms with van der Waals surface area (Å²) in [6.45, 7) is 0. The minimum Gasteiger partial charge on any atom is -0.388 e. The van der Waals surface area contributed by atoms with Crippen LogP contribution in [0, 0.1) is 11.8 Å². The van der Waals surface area contributed by atoms with E-state index in [-0.39, 0.29) is 5.92 Å². The number of aliphatic hydroxyl groups excluding tert-OH is 1. The molecule has 1 N–H and O–H groups in total. The molecular formula is C18H16Cl2O. The van der Waals surface area contributed by atoms with Crippen molar-refractivity contribution in [1.29, 1.82) is 0 Å². The van der Waals surface area contributed by atoms with Gasteiger partial charge in [0.05, 0.1) is 16.1 Å². The first-order valence-corrected chi connectivity index (χ1v) is 8.14. The maximum Gasteiger partial charge on any atom is 0.0841 e. The maximum atomic E-state index is 10.8. The molecule has 1 nitrogen and oxygen atoms in total. The minimum absolute atomic E-state index is 0.268. The molecule has 2 aromatic rings. The molecule has 0 bridgehead atoms. The summed E-state index contributed by atoms with van der Waals surface area (Å²) in [7, 11) is 0. The fourth-order valence-electron chi connectivity index (χ4n) is 4.01. The van der Waals surface area contributed by atoms with E-state index in [4.69, 9.17) is 23.2 Å². The lowest BCUT2D eigenvalue weighted by molar-refractivity contribution is 0.145. The lowest BCUT2D eigenvalue weighted by Crippen LogP contribution is -2.03. The highest BCUT2D eigenvalue weighted by molar-refractivity contribution is 6.42. The van der Waals surface area contributed by atoms with Crippen molar-refractivity contribution in [1.82, 2.24) is 0 Å². The van der Waals surface area contributed by atoms with Gasteiger partial charge in [-0.25, -0.2) is 0 Å². The Balaban J connectivity index is 1.66. The van der Waals surface area contributed by atoms with Crippen LogP contribution in [0.25, 0.3) is 0 Å². The molecule has 3 heteroatoms. The van der Waals surface area contributed by atoms with Crippen molar-refractivity contribution in [3.8, 4) is 0 Å². The van der Waals surface area contributed by atoms with Gasteiger partial charge in [0.2, 0.25) is 0 Å². The van der Waals surface area contributed by atoms with Gasteiger partial charge in [-0.15, -0.1) is 0 Å². The van der Waals surface area contributed by atoms with E-state index < -0.39 is 6.10 Å². The predicted molar refractivity (Wildman–Crippen MR) is 85.9 cm³/mol. The summed E-state index contributed by atoms with van der Waals surface area (Å²) in [5, 5.41) is 11.8. The van der Waals surface area contributed by atoms with E-state index in [1.807, 2.05) is 12.1 Å². The van der Waals surface area contributed by atoms with Crippen molar-refractivity contribution in [3.05, 3.63) is 69.2 Å². The minimum atomic E-state index is -0.530. The average molecular weight is 319 g/mol. The zero-order valence-electron chi connectivity index (χ0n) is 11.5. The molecule has 4 rings (SSSR count). The number of aryl methyl sites for hydroxylation is 1. The first-order chi connectivity index (χ1) is 10.2. The molecule has 0 heterocycles. The fourth-order valence-corrected chi connectivity index (χ4v) is 4.43. The predicted octanol–water partition coefficient (Wildman–Crippen LogP) is 5.00. The van der Waals surface area contributed by atoms with Crippen LogP contribution in [-0.4, -0.2) is 5.11 Å². The summed E-state index contributed by atoms with van der Waals surface area (Å²) in [5.41, 5.74) is 3.61. The van der Waals surface area contributed by atoms with Crippen molar-refractivity contribution < 1.29 is 5.11 Å². The molecule has 0 aromatic heterocycles. The van der Waals surface area contributed by atoms with E-state index in [2.05, 4.69) is 24.3 Å². The van der Waals surface area contributed by atoms with E-state index >= 15 is 0 Å². The van der Waals surface area contributed by atoms with Crippen molar-refractivity contribution in [2.75, 3.05) is 0 Å². The third-order valence-corrected chi connectivity index (χ3v) is 5.89. The molecule has 4 atom stereocenters. The third kappa shape index (κ3) is 2.11. The summed E-state index contributed by atoms with van der Waals surface area (Å²) < 4.78 is 0. The average Bonchev–Trinajstić information content (AvgIpc) is 3.24. The van der Waals surface area contributed by atoms with Crippen LogP contribution in [0.1, 0.15) is 35.1 Å². The molecule has 21 heavy (non-hydrogen) atoms. The van der Waals surface area contributed by atoms with E-state index in [9.17, 15) is 5.11 Å². The fraction of sp³-hybridized carbons (Fsp3) is 0.333. The van der Waals surface area contributed by atoms with Crippen molar-refractivity contribution in [3.63, 3.8) is 0 Å². The zero-order valence-corrected chi connectivity index (χ0v) is 13.0. The smallest absolute Gasteiger partial charge is 0.0841 e. The molecule has 2 aliphatic rings. The second kappa shape index (κ2) is 5.01. The van der Waals surface area contributed by atoms with Crippen LogP contribution >= 0.6 is 23.2 Å². The molecule has 0 spiro atoms. The second-order valence-corrected chi connectivity index (χ2v) is 6.88. The number of benzene rings is 2. The molecule has 0 amide bonds. The summed E-state index contributed by atoms with van der Waals surface area (Å²) >= 11 is 12.3. The van der Waals surface area contributed by atoms with Gasteiger partial charge in [-0.1, -0.05) is 59.6 Å². The maximum absolute atomic E-state index is 10.8. The zero-order chi connectivity index (χ0) is 14.6. The Morgan fingerprint density at radius 3 is 2.71 bits per heavy atom. The van der Waals surface area contributed by atoms with Gasteiger partial charge in [0.15, 0.2) is 0 Å². The lowest BCUT2D eigenvalue weighted by Gasteiger charge is -2.14. The highest BCUT2D eigenvalue weighted by Crippen LogP contribution is 2.64. The molecule has 2 aromatic carbocycles. The van der Waals surface area contributed by atoms with Gasteiger partial charge in [-0.3, -0.25) is 0 Å². The molecular weight excluding hydrogens is 303 g/mol. The third-order valence-electron chi connectivity index (χ3n) is 5.06. The first-order valence-electron chi connectivity index (χ1n) is 7.38. The number of halogens is 2. The summed E-state index contributed by atoms with van der Waals surface area (Å²) in [4.78, 5) is 0. The molecule has 4 unspecified atom stereocenters. The Bertz CT molecular complexity index is 697. The van der Waals surface area contributed by atoms with Crippen LogP contribution in [0.3, 0.4) is 0 Å². The van der Waals surface area contributed by atoms with Gasteiger partial charge >= 0.3 is 0 Å². The van der Waals surface area contributed by atoms with Gasteiger partial charge in [0, 0.05) is 5.56 Å². The van der Waals surface area contributed by atoms with Crippen LogP contribution in [0.15, 0.2) is 42.5 Å². The monoisotopic (exact) mass is 318 g/mol. The number of aliphatic hydroxyl groups is 1. The summed E-state index contributed by atoms with van der Waals surface area (Å²) in [6, 6.07) is 14.1. The van der Waals surface area contributed by atoms with Gasteiger partial charge in [-0.2, -0.15) is 0 Å². The van der Waals surface area contributed by atoms with Gasteiger partial charge in [0.1, 0.15) is 0 Å². The van der Waals surface area contributed by atoms with Crippen LogP contribution in [-0.2, 0) is 6.42 Å². The summed E-state index contributed by atoms with van der Waals surface area (Å²) in [6.07, 6.45) is 1.74. The molecule has 2 aliphatic carbocycles. The van der Waals surface area contributed by atoms with Crippen molar-refractivity contribution >= 4 is 23.2 Å². The topological polar surface area (TPSA) is 20.2 Å². The van der Waals surface area contributed by atoms with Crippen LogP contribution in [0.5, 0.6) is 0 Å². The number of rotatable bonds is 2. The lowest BCUT2D eigenvalue weighted by atomic mass is 9.92. The highest BCUT2D eigenvalue weighted by atomic mass is 35.5. The molecule has 0 saturated heterocycles. The van der Waals surface area contributed by atoms with Crippen molar-refractivity contribution in [2.45, 2.75) is 24.9 Å². The Morgan fingerprint density at radius 1 is 1.05 bits per heavy atom. The van der Waals surface area contributed by atoms with E-state index in [0.29, 0.717) is 21.9 Å². The van der Waals surface area contributed by atoms with E-state index in [1.54, 1.807) is 6.07 Å². The van der Waals surface area contributed by atoms with E-state index in [0.717, 1.165) is 18.4 Å². The Labute approximate surface area is 134 Å². The largest absolute Gasteiger partial charge is 0.388 e. The SMILES string of the molecule is OC(c1cccc(Cl)c1Cl)C1C2CCc3ccccc3C21. The van der Waals surface area contributed by atoms with Gasteiger partial charge in [0.25, 0.3) is 0 Å². The van der Waals surface area contributed by atoms with Gasteiger partial charge in [-0.05, 0) is 47.8 Å². The molecule has 108 valence electrons. The van der Waals surface area contributed by atoms with Crippen LogP contribution < -0.4 is 0 Å². The molecule has 0 radical (unpaired) electrons. The number of hydrogen-bond acceptors (Lipinski definition) is 1. The van der Waals surface area contributed by atoms with Crippen molar-refractivity contribution in [2.24, 2.45) is 11.8 Å². The molecule has 1 saturated carbocycles. The van der Waals surface area contributed by atoms with Crippen LogP contribution in [0.2, 0.25) is 10.0 Å². The number of fused-ring (bicyclic) bond motifs is 3. The number of hydrogen-bond donors (Lipinski definition) is 1. The van der Waals surface area contributed by atoms with E-state index in [1.165, 1.54) is 11.1 Å². The highest BCUT2D eigenvalue weighted by Gasteiger charge is 2.56. The Morgan fingerprint density at radius 2 is 1.86 bits per heavy atom. The summed E-state index contributed by atoms with van der Waals surface area (Å²) in [5.74, 6) is 1.31. The first kappa shape index (κ1) is 13.6. The Hall–Kier alpha value is -1.02. The van der Waals surface area contributed by atoms with Gasteiger partial charge < -0.3 is 5.11 Å².